The van der Waals surface area contributed by atoms with Crippen LogP contribution in [0.3, 0.4) is 0 Å². The summed E-state index contributed by atoms with van der Waals surface area (Å²) in [6, 6.07) is 11.3. The van der Waals surface area contributed by atoms with Gasteiger partial charge < -0.3 is 15.0 Å². The smallest absolute Gasteiger partial charge is 0.240 e. The van der Waals surface area contributed by atoms with Crippen molar-refractivity contribution in [1.82, 2.24) is 4.72 Å². The zero-order chi connectivity index (χ0) is 23.1. The molecule has 0 radical (unpaired) electrons. The van der Waals surface area contributed by atoms with E-state index in [1.807, 2.05) is 6.92 Å². The van der Waals surface area contributed by atoms with Crippen molar-refractivity contribution in [3.05, 3.63) is 54.3 Å². The van der Waals surface area contributed by atoms with Crippen LogP contribution in [0.2, 0.25) is 0 Å². The molecule has 0 bridgehead atoms. The Labute approximate surface area is 186 Å². The molecule has 10 heteroatoms. The van der Waals surface area contributed by atoms with Crippen LogP contribution >= 0.6 is 0 Å². The van der Waals surface area contributed by atoms with Gasteiger partial charge in [0.1, 0.15) is 5.82 Å². The maximum Gasteiger partial charge on any atom is 0.240 e. The van der Waals surface area contributed by atoms with Gasteiger partial charge in [-0.3, -0.25) is 9.59 Å². The molecule has 2 N–H and O–H groups in total. The number of sulfonamides is 1. The molecule has 1 atom stereocenters. The number of rotatable bonds is 10. The number of ether oxygens (including phenoxy) is 1. The van der Waals surface area contributed by atoms with Gasteiger partial charge in [0.15, 0.2) is 0 Å². The van der Waals surface area contributed by atoms with Crippen LogP contribution in [0.4, 0.5) is 15.8 Å². The van der Waals surface area contributed by atoms with Gasteiger partial charge in [-0.2, -0.15) is 0 Å². The first-order valence-electron chi connectivity index (χ1n) is 10.3. The molecule has 8 nitrogen and oxygen atoms in total. The number of carbonyl (C=O) groups excluding carboxylic acids is 2. The fourth-order valence-electron chi connectivity index (χ4n) is 3.32. The normalized spacial score (nSPS) is 16.4. The molecule has 1 heterocycles. The van der Waals surface area contributed by atoms with E-state index in [1.165, 1.54) is 53.4 Å². The van der Waals surface area contributed by atoms with Crippen LogP contribution in [0, 0.1) is 11.7 Å². The molecule has 32 heavy (non-hydrogen) atoms. The minimum atomic E-state index is -3.65. The van der Waals surface area contributed by atoms with Crippen molar-refractivity contribution in [2.45, 2.75) is 24.7 Å². The van der Waals surface area contributed by atoms with Gasteiger partial charge >= 0.3 is 0 Å². The average Bonchev–Trinajstić information content (AvgIpc) is 3.16. The molecule has 2 aromatic carbocycles. The van der Waals surface area contributed by atoms with Crippen molar-refractivity contribution >= 4 is 33.2 Å². The second-order valence-corrected chi connectivity index (χ2v) is 9.11. The Morgan fingerprint density at radius 3 is 2.50 bits per heavy atom. The molecular formula is C22H26FN3O5S. The molecular weight excluding hydrogens is 437 g/mol. The third-order valence-electron chi connectivity index (χ3n) is 5.03. The monoisotopic (exact) mass is 463 g/mol. The first-order valence-corrected chi connectivity index (χ1v) is 11.8. The first kappa shape index (κ1) is 23.8. The van der Waals surface area contributed by atoms with Crippen LogP contribution in [0.15, 0.2) is 53.4 Å². The number of nitrogens with one attached hydrogen (secondary N) is 2. The van der Waals surface area contributed by atoms with Gasteiger partial charge in [-0.15, -0.1) is 0 Å². The summed E-state index contributed by atoms with van der Waals surface area (Å²) in [4.78, 5) is 26.4. The maximum atomic E-state index is 13.1. The van der Waals surface area contributed by atoms with Crippen LogP contribution < -0.4 is 14.9 Å². The van der Waals surface area contributed by atoms with Crippen LogP contribution in [0.5, 0.6) is 0 Å². The van der Waals surface area contributed by atoms with Gasteiger partial charge in [0, 0.05) is 44.1 Å². The van der Waals surface area contributed by atoms with E-state index < -0.39 is 21.8 Å². The fraction of sp³-hybridized carbons (Fsp3) is 0.364. The van der Waals surface area contributed by atoms with E-state index in [1.54, 1.807) is 0 Å². The van der Waals surface area contributed by atoms with Gasteiger partial charge in [0.25, 0.3) is 0 Å². The Kier molecular flexibility index (Phi) is 7.94. The van der Waals surface area contributed by atoms with Crippen LogP contribution in [-0.2, 0) is 24.3 Å². The Morgan fingerprint density at radius 2 is 1.84 bits per heavy atom. The Bertz CT molecular complexity index is 1040. The molecule has 0 spiro atoms. The number of hydrogen-bond acceptors (Lipinski definition) is 5. The summed E-state index contributed by atoms with van der Waals surface area (Å²) < 4.78 is 45.5. The van der Waals surface area contributed by atoms with E-state index in [4.69, 9.17) is 4.74 Å². The molecule has 2 aromatic rings. The quantitative estimate of drug-likeness (QED) is 0.527. The highest BCUT2D eigenvalue weighted by molar-refractivity contribution is 7.89. The van der Waals surface area contributed by atoms with Crippen molar-refractivity contribution in [2.24, 2.45) is 5.92 Å². The minimum Gasteiger partial charge on any atom is -0.382 e. The summed E-state index contributed by atoms with van der Waals surface area (Å²) in [5.41, 5.74) is 0.966. The van der Waals surface area contributed by atoms with Gasteiger partial charge in [-0.05, 0) is 61.9 Å². The average molecular weight is 464 g/mol. The Morgan fingerprint density at radius 1 is 1.16 bits per heavy atom. The lowest BCUT2D eigenvalue weighted by Gasteiger charge is -2.16. The second kappa shape index (κ2) is 10.7. The van der Waals surface area contributed by atoms with Crippen molar-refractivity contribution in [3.63, 3.8) is 0 Å². The van der Waals surface area contributed by atoms with Crippen LogP contribution in [-0.4, -0.2) is 46.5 Å². The first-order chi connectivity index (χ1) is 15.3. The van der Waals surface area contributed by atoms with E-state index in [2.05, 4.69) is 10.0 Å². The predicted octanol–water partition coefficient (Wildman–Crippen LogP) is 2.52. The summed E-state index contributed by atoms with van der Waals surface area (Å²) in [6.07, 6.45) is 0.609. The number of anilines is 2. The number of carbonyl (C=O) groups is 2. The summed E-state index contributed by atoms with van der Waals surface area (Å²) in [7, 11) is -3.65. The Balaban J connectivity index is 1.55. The predicted molar refractivity (Wildman–Crippen MR) is 118 cm³/mol. The lowest BCUT2D eigenvalue weighted by molar-refractivity contribution is -0.122. The molecule has 0 aliphatic carbocycles. The van der Waals surface area contributed by atoms with Gasteiger partial charge in [0.05, 0.1) is 10.8 Å². The molecule has 1 fully saturated rings. The zero-order valence-corrected chi connectivity index (χ0v) is 18.5. The van der Waals surface area contributed by atoms with Crippen molar-refractivity contribution < 1.29 is 27.1 Å². The number of benzene rings is 2. The SMILES string of the molecule is CCOCCCNS(=O)(=O)c1ccc(NC(=O)C2CC(=O)N(c3ccc(F)cc3)C2)cc1. The fourth-order valence-corrected chi connectivity index (χ4v) is 4.40. The minimum absolute atomic E-state index is 0.0430. The number of nitrogens with zero attached hydrogens (tertiary/aromatic N) is 1. The molecule has 0 saturated carbocycles. The van der Waals surface area contributed by atoms with E-state index in [9.17, 15) is 22.4 Å². The van der Waals surface area contributed by atoms with Crippen LogP contribution in [0.1, 0.15) is 19.8 Å². The van der Waals surface area contributed by atoms with Gasteiger partial charge in [-0.25, -0.2) is 17.5 Å². The van der Waals surface area contributed by atoms with E-state index >= 15 is 0 Å². The maximum absolute atomic E-state index is 13.1. The number of amides is 2. The van der Waals surface area contributed by atoms with Gasteiger partial charge in [-0.1, -0.05) is 0 Å². The van der Waals surface area contributed by atoms with Gasteiger partial charge in [0.2, 0.25) is 21.8 Å². The number of hydrogen-bond donors (Lipinski definition) is 2. The molecule has 1 aliphatic rings. The summed E-state index contributed by atoms with van der Waals surface area (Å²) in [5, 5.41) is 2.72. The molecule has 0 aromatic heterocycles. The molecule has 1 unspecified atom stereocenters. The van der Waals surface area contributed by atoms with E-state index in [-0.39, 0.29) is 36.2 Å². The number of halogens is 1. The topological polar surface area (TPSA) is 105 Å². The zero-order valence-electron chi connectivity index (χ0n) is 17.7. The molecule has 1 aliphatic heterocycles. The molecule has 172 valence electrons. The van der Waals surface area contributed by atoms with Crippen molar-refractivity contribution in [2.75, 3.05) is 36.5 Å². The second-order valence-electron chi connectivity index (χ2n) is 7.34. The molecule has 1 saturated heterocycles. The third-order valence-corrected chi connectivity index (χ3v) is 6.50. The van der Waals surface area contributed by atoms with E-state index in [0.29, 0.717) is 31.0 Å². The largest absolute Gasteiger partial charge is 0.382 e. The van der Waals surface area contributed by atoms with Crippen LogP contribution in [0.25, 0.3) is 0 Å². The van der Waals surface area contributed by atoms with E-state index in [0.717, 1.165) is 0 Å². The van der Waals surface area contributed by atoms with Crippen molar-refractivity contribution in [3.8, 4) is 0 Å². The third kappa shape index (κ3) is 6.12. The summed E-state index contributed by atoms with van der Waals surface area (Å²) in [6.45, 7) is 3.39. The Hall–Kier alpha value is -2.82. The molecule has 3 rings (SSSR count). The summed E-state index contributed by atoms with van der Waals surface area (Å²) in [5.74, 6) is -1.52. The molecule has 2 amide bonds. The lowest BCUT2D eigenvalue weighted by atomic mass is 10.1. The van der Waals surface area contributed by atoms with Crippen molar-refractivity contribution in [1.29, 1.82) is 0 Å². The highest BCUT2D eigenvalue weighted by Gasteiger charge is 2.35. The highest BCUT2D eigenvalue weighted by atomic mass is 32.2. The highest BCUT2D eigenvalue weighted by Crippen LogP contribution is 2.26. The standard InChI is InChI=1S/C22H26FN3O5S/c1-2-31-13-3-12-24-32(29,30)20-10-6-18(7-11-20)25-22(28)16-14-21(27)26(15-16)19-8-4-17(23)5-9-19/h4-11,16,24H,2-3,12-15H2,1H3,(H,25,28). The lowest BCUT2D eigenvalue weighted by Crippen LogP contribution is -2.28. The summed E-state index contributed by atoms with van der Waals surface area (Å²) >= 11 is 0.